The van der Waals surface area contributed by atoms with E-state index in [2.05, 4.69) is 10.1 Å². The lowest BCUT2D eigenvalue weighted by Crippen LogP contribution is -2.25. The maximum absolute atomic E-state index is 12.6. The Morgan fingerprint density at radius 2 is 1.65 bits per heavy atom. The molecule has 0 bridgehead atoms. The summed E-state index contributed by atoms with van der Waals surface area (Å²) in [5.41, 5.74) is 4.91. The fraction of sp³-hybridized carbons (Fsp3) is 0.133. The van der Waals surface area contributed by atoms with E-state index in [0.29, 0.717) is 12.3 Å². The number of carbonyl (C=O) groups excluding carboxylic acids is 1. The first-order valence-electron chi connectivity index (χ1n) is 6.83. The first kappa shape index (κ1) is 19.2. The maximum Gasteiger partial charge on any atom is 0.417 e. The molecule has 1 amide bonds. The normalized spacial score (nSPS) is 12.8. The minimum atomic E-state index is -4.62. The van der Waals surface area contributed by atoms with Crippen LogP contribution in [0.25, 0.3) is 0 Å². The van der Waals surface area contributed by atoms with E-state index in [4.69, 9.17) is 5.73 Å². The van der Waals surface area contributed by atoms with Crippen molar-refractivity contribution in [3.05, 3.63) is 65.0 Å². The second-order valence-corrected chi connectivity index (χ2v) is 4.95. The maximum atomic E-state index is 12.6. The zero-order valence-corrected chi connectivity index (χ0v) is 12.7. The standard InChI is InChI=1S/C15H10F6N4O/c16-14(17,18)9-3-1-2-8(6-9)13(26)25-24-12(22)11-5-4-10(7-23-11)15(19,20)21/h1-7H,(H2,22,24)(H,25,26). The average molecular weight is 376 g/mol. The molecule has 0 saturated heterocycles. The highest BCUT2D eigenvalue weighted by Crippen LogP contribution is 2.29. The van der Waals surface area contributed by atoms with E-state index in [1.165, 1.54) is 0 Å². The Balaban J connectivity index is 2.12. The molecule has 1 aromatic carbocycles. The number of nitrogens with zero attached hydrogens (tertiary/aromatic N) is 2. The number of benzene rings is 1. The highest BCUT2D eigenvalue weighted by molar-refractivity contribution is 5.98. The molecule has 0 radical (unpaired) electrons. The van der Waals surface area contributed by atoms with Crippen LogP contribution in [0.4, 0.5) is 26.3 Å². The van der Waals surface area contributed by atoms with Crippen LogP contribution in [0.3, 0.4) is 0 Å². The van der Waals surface area contributed by atoms with E-state index >= 15 is 0 Å². The largest absolute Gasteiger partial charge is 0.417 e. The number of amidine groups is 1. The predicted molar refractivity (Wildman–Crippen MR) is 78.9 cm³/mol. The van der Waals surface area contributed by atoms with Crippen molar-refractivity contribution in [3.63, 3.8) is 0 Å². The molecule has 0 aliphatic carbocycles. The summed E-state index contributed by atoms with van der Waals surface area (Å²) in [6, 6.07) is 5.25. The fourth-order valence-corrected chi connectivity index (χ4v) is 1.78. The molecule has 1 heterocycles. The van der Waals surface area contributed by atoms with Crippen molar-refractivity contribution in [2.45, 2.75) is 12.4 Å². The molecule has 0 unspecified atom stereocenters. The van der Waals surface area contributed by atoms with Gasteiger partial charge in [0, 0.05) is 11.8 Å². The third kappa shape index (κ3) is 4.71. The highest BCUT2D eigenvalue weighted by atomic mass is 19.4. The number of amides is 1. The Labute approximate surface area is 142 Å². The van der Waals surface area contributed by atoms with Crippen LogP contribution >= 0.6 is 0 Å². The van der Waals surface area contributed by atoms with Gasteiger partial charge in [-0.3, -0.25) is 9.78 Å². The summed E-state index contributed by atoms with van der Waals surface area (Å²) in [5.74, 6) is -1.40. The molecular weight excluding hydrogens is 366 g/mol. The number of pyridine rings is 1. The topological polar surface area (TPSA) is 80.4 Å². The zero-order valence-electron chi connectivity index (χ0n) is 12.7. The molecule has 0 fully saturated rings. The van der Waals surface area contributed by atoms with Gasteiger partial charge >= 0.3 is 12.4 Å². The molecule has 2 aromatic rings. The number of rotatable bonds is 3. The lowest BCUT2D eigenvalue weighted by molar-refractivity contribution is -0.138. The monoisotopic (exact) mass is 376 g/mol. The Morgan fingerprint density at radius 1 is 1.00 bits per heavy atom. The van der Waals surface area contributed by atoms with E-state index in [1.54, 1.807) is 0 Å². The van der Waals surface area contributed by atoms with Gasteiger partial charge in [0.25, 0.3) is 5.91 Å². The SMILES string of the molecule is N/C(=N/NC(=O)c1cccc(C(F)(F)F)c1)c1ccc(C(F)(F)F)cn1. The van der Waals surface area contributed by atoms with Gasteiger partial charge in [0.1, 0.15) is 5.69 Å². The van der Waals surface area contributed by atoms with Crippen molar-refractivity contribution in [2.75, 3.05) is 0 Å². The smallest absolute Gasteiger partial charge is 0.380 e. The molecule has 11 heteroatoms. The molecule has 0 aliphatic heterocycles. The number of nitrogens with two attached hydrogens (primary N) is 1. The van der Waals surface area contributed by atoms with Gasteiger partial charge in [0.05, 0.1) is 11.1 Å². The van der Waals surface area contributed by atoms with Crippen LogP contribution in [0, 0.1) is 0 Å². The van der Waals surface area contributed by atoms with Crippen LogP contribution in [0.15, 0.2) is 47.7 Å². The molecule has 0 atom stereocenters. The van der Waals surface area contributed by atoms with Crippen LogP contribution in [-0.4, -0.2) is 16.7 Å². The van der Waals surface area contributed by atoms with Gasteiger partial charge in [0.2, 0.25) is 0 Å². The summed E-state index contributed by atoms with van der Waals surface area (Å²) >= 11 is 0. The molecule has 1 aromatic heterocycles. The summed E-state index contributed by atoms with van der Waals surface area (Å²) in [4.78, 5) is 15.3. The van der Waals surface area contributed by atoms with Gasteiger partial charge in [-0.15, -0.1) is 0 Å². The van der Waals surface area contributed by atoms with E-state index in [0.717, 1.165) is 30.3 Å². The van der Waals surface area contributed by atoms with Gasteiger partial charge < -0.3 is 5.73 Å². The summed E-state index contributed by atoms with van der Waals surface area (Å²) < 4.78 is 75.2. The van der Waals surface area contributed by atoms with Crippen LogP contribution in [0.1, 0.15) is 27.2 Å². The molecule has 2 rings (SSSR count). The van der Waals surface area contributed by atoms with Gasteiger partial charge in [-0.25, -0.2) is 5.43 Å². The van der Waals surface area contributed by atoms with E-state index in [-0.39, 0.29) is 11.3 Å². The molecule has 0 aliphatic rings. The Hall–Kier alpha value is -3.11. The van der Waals surface area contributed by atoms with E-state index in [1.807, 2.05) is 5.43 Å². The minimum absolute atomic E-state index is 0.151. The number of alkyl halides is 6. The Kier molecular flexibility index (Phi) is 5.19. The van der Waals surface area contributed by atoms with Crippen molar-refractivity contribution >= 4 is 11.7 Å². The molecular formula is C15H10F6N4O. The van der Waals surface area contributed by atoms with Gasteiger partial charge in [0.15, 0.2) is 5.84 Å². The third-order valence-electron chi connectivity index (χ3n) is 3.08. The molecule has 3 N–H and O–H groups in total. The average Bonchev–Trinajstić information content (AvgIpc) is 2.58. The molecule has 26 heavy (non-hydrogen) atoms. The van der Waals surface area contributed by atoms with E-state index in [9.17, 15) is 31.1 Å². The Bertz CT molecular complexity index is 827. The van der Waals surface area contributed by atoms with Crippen LogP contribution in [0.2, 0.25) is 0 Å². The molecule has 0 spiro atoms. The van der Waals surface area contributed by atoms with Crippen molar-refractivity contribution < 1.29 is 31.1 Å². The van der Waals surface area contributed by atoms with Crippen LogP contribution in [-0.2, 0) is 12.4 Å². The quantitative estimate of drug-likeness (QED) is 0.374. The summed E-state index contributed by atoms with van der Waals surface area (Å²) in [6.45, 7) is 0. The fourth-order valence-electron chi connectivity index (χ4n) is 1.78. The summed E-state index contributed by atoms with van der Waals surface area (Å²) in [6.07, 6.45) is -8.66. The Morgan fingerprint density at radius 3 is 2.19 bits per heavy atom. The van der Waals surface area contributed by atoms with Crippen molar-refractivity contribution in [3.8, 4) is 0 Å². The lowest BCUT2D eigenvalue weighted by atomic mass is 10.1. The second-order valence-electron chi connectivity index (χ2n) is 4.95. The molecule has 138 valence electrons. The highest BCUT2D eigenvalue weighted by Gasteiger charge is 2.31. The van der Waals surface area contributed by atoms with Gasteiger partial charge in [-0.2, -0.15) is 31.4 Å². The summed E-state index contributed by atoms with van der Waals surface area (Å²) in [5, 5.41) is 3.42. The first-order chi connectivity index (χ1) is 12.0. The van der Waals surface area contributed by atoms with E-state index < -0.39 is 35.2 Å². The van der Waals surface area contributed by atoms with Crippen molar-refractivity contribution in [1.82, 2.24) is 10.4 Å². The number of carbonyl (C=O) groups is 1. The van der Waals surface area contributed by atoms with Gasteiger partial charge in [-0.1, -0.05) is 6.07 Å². The summed E-state index contributed by atoms with van der Waals surface area (Å²) in [7, 11) is 0. The number of hydrogen-bond acceptors (Lipinski definition) is 3. The van der Waals surface area contributed by atoms with Gasteiger partial charge in [-0.05, 0) is 30.3 Å². The number of hydrogen-bond donors (Lipinski definition) is 2. The number of nitrogens with one attached hydrogen (secondary N) is 1. The predicted octanol–water partition coefficient (Wildman–Crippen LogP) is 3.17. The number of hydrazone groups is 1. The first-order valence-corrected chi connectivity index (χ1v) is 6.83. The lowest BCUT2D eigenvalue weighted by Gasteiger charge is -2.08. The minimum Gasteiger partial charge on any atom is -0.380 e. The number of aromatic nitrogens is 1. The molecule has 5 nitrogen and oxygen atoms in total. The van der Waals surface area contributed by atoms with Crippen LogP contribution < -0.4 is 11.2 Å². The third-order valence-corrected chi connectivity index (χ3v) is 3.08. The van der Waals surface area contributed by atoms with Crippen LogP contribution in [0.5, 0.6) is 0 Å². The van der Waals surface area contributed by atoms with Crippen molar-refractivity contribution in [1.29, 1.82) is 0 Å². The second kappa shape index (κ2) is 7.02. The molecule has 0 saturated carbocycles. The zero-order chi connectivity index (χ0) is 19.5. The van der Waals surface area contributed by atoms with Crippen molar-refractivity contribution in [2.24, 2.45) is 10.8 Å². The number of halogens is 6.